The summed E-state index contributed by atoms with van der Waals surface area (Å²) in [4.78, 5) is 8.66. The van der Waals surface area contributed by atoms with Gasteiger partial charge in [0.05, 0.1) is 12.3 Å². The van der Waals surface area contributed by atoms with Crippen molar-refractivity contribution in [2.75, 3.05) is 0 Å². The van der Waals surface area contributed by atoms with Crippen LogP contribution in [-0.4, -0.2) is 4.98 Å². The van der Waals surface area contributed by atoms with Crippen LogP contribution in [0.1, 0.15) is 48.8 Å². The Labute approximate surface area is 137 Å². The molecule has 0 N–H and O–H groups in total. The summed E-state index contributed by atoms with van der Waals surface area (Å²) in [5.41, 5.74) is 1.49. The molecular weight excluding hydrogens is 292 g/mol. The molecule has 0 aliphatic heterocycles. The highest BCUT2D eigenvalue weighted by atomic mass is 32.1. The highest BCUT2D eigenvalue weighted by Crippen LogP contribution is 2.28. The number of aromatic nitrogens is 1. The van der Waals surface area contributed by atoms with E-state index in [2.05, 4.69) is 9.83 Å². The second-order valence-corrected chi connectivity index (χ2v) is 5.02. The standard InChI is InChI=1S/C14H12N2OS.2C2H6/c1-9-10(2)18-14(16-9)12(15-3)13(17)11-7-5-4-6-8-11;2*1-2/h4-8,17H,1-2H3;2*1-2H3/p-1. The molecule has 0 aliphatic carbocycles. The molecular formula is C18H23N2OS-. The Morgan fingerprint density at radius 1 is 1.09 bits per heavy atom. The van der Waals surface area contributed by atoms with Gasteiger partial charge in [-0.2, -0.15) is 0 Å². The molecule has 0 spiro atoms. The summed E-state index contributed by atoms with van der Waals surface area (Å²) in [6.45, 7) is 19.0. The Morgan fingerprint density at radius 3 is 2.05 bits per heavy atom. The average molecular weight is 315 g/mol. The average Bonchev–Trinajstić information content (AvgIpc) is 2.91. The summed E-state index contributed by atoms with van der Waals surface area (Å²) < 4.78 is 0. The first-order valence-corrected chi connectivity index (χ1v) is 8.23. The molecule has 0 unspecified atom stereocenters. The topological polar surface area (TPSA) is 40.3 Å². The van der Waals surface area contributed by atoms with Gasteiger partial charge in [0.15, 0.2) is 0 Å². The molecule has 0 amide bonds. The van der Waals surface area contributed by atoms with Crippen molar-refractivity contribution >= 4 is 22.8 Å². The zero-order chi connectivity index (χ0) is 17.1. The molecule has 4 heteroatoms. The van der Waals surface area contributed by atoms with E-state index >= 15 is 0 Å². The van der Waals surface area contributed by atoms with Crippen LogP contribution >= 0.6 is 11.3 Å². The third-order valence-electron chi connectivity index (χ3n) is 2.59. The van der Waals surface area contributed by atoms with E-state index in [9.17, 15) is 5.11 Å². The summed E-state index contributed by atoms with van der Waals surface area (Å²) in [6.07, 6.45) is 0. The smallest absolute Gasteiger partial charge is 0.214 e. The lowest BCUT2D eigenvalue weighted by Crippen LogP contribution is -2.04. The van der Waals surface area contributed by atoms with Crippen LogP contribution in [0.5, 0.6) is 0 Å². The van der Waals surface area contributed by atoms with Crippen molar-refractivity contribution in [1.82, 2.24) is 4.98 Å². The number of nitrogens with zero attached hydrogens (tertiary/aromatic N) is 2. The fourth-order valence-corrected chi connectivity index (χ4v) is 2.40. The summed E-state index contributed by atoms with van der Waals surface area (Å²) in [5, 5.41) is 12.7. The quantitative estimate of drug-likeness (QED) is 0.583. The molecule has 0 aliphatic rings. The van der Waals surface area contributed by atoms with E-state index in [1.165, 1.54) is 11.3 Å². The van der Waals surface area contributed by atoms with E-state index in [4.69, 9.17) is 6.57 Å². The van der Waals surface area contributed by atoms with Gasteiger partial charge in [-0.1, -0.05) is 63.8 Å². The van der Waals surface area contributed by atoms with E-state index in [0.717, 1.165) is 10.6 Å². The zero-order valence-corrected chi connectivity index (χ0v) is 14.9. The maximum Gasteiger partial charge on any atom is 0.214 e. The Hall–Kier alpha value is -2.12. The second-order valence-electron chi connectivity index (χ2n) is 3.82. The van der Waals surface area contributed by atoms with Crippen molar-refractivity contribution in [2.24, 2.45) is 0 Å². The van der Waals surface area contributed by atoms with Crippen LogP contribution in [-0.2, 0) is 0 Å². The number of thiazole rings is 1. The highest BCUT2D eigenvalue weighted by molar-refractivity contribution is 7.12. The highest BCUT2D eigenvalue weighted by Gasteiger charge is 2.10. The van der Waals surface area contributed by atoms with Crippen LogP contribution in [0.2, 0.25) is 0 Å². The molecule has 2 rings (SSSR count). The fraction of sp³-hybridized carbons (Fsp3) is 0.333. The minimum Gasteiger partial charge on any atom is -0.880 e. The molecule has 0 saturated carbocycles. The largest absolute Gasteiger partial charge is 0.880 e. The molecule has 0 saturated heterocycles. The minimum absolute atomic E-state index is 0.0994. The summed E-state index contributed by atoms with van der Waals surface area (Å²) in [7, 11) is 0. The summed E-state index contributed by atoms with van der Waals surface area (Å²) in [6, 6.07) is 8.83. The minimum atomic E-state index is -0.264. The lowest BCUT2D eigenvalue weighted by molar-refractivity contribution is -0.242. The number of hydrogen-bond donors (Lipinski definition) is 0. The van der Waals surface area contributed by atoms with Crippen LogP contribution in [0.4, 0.5) is 0 Å². The Kier molecular flexibility index (Phi) is 9.56. The molecule has 0 bridgehead atoms. The van der Waals surface area contributed by atoms with Gasteiger partial charge in [-0.25, -0.2) is 4.85 Å². The fourth-order valence-electron chi connectivity index (χ4n) is 1.50. The third-order valence-corrected chi connectivity index (χ3v) is 3.67. The molecule has 3 nitrogen and oxygen atoms in total. The van der Waals surface area contributed by atoms with Gasteiger partial charge in [0, 0.05) is 4.88 Å². The summed E-state index contributed by atoms with van der Waals surface area (Å²) >= 11 is 1.39. The van der Waals surface area contributed by atoms with Crippen molar-refractivity contribution in [2.45, 2.75) is 41.5 Å². The molecule has 0 fully saturated rings. The van der Waals surface area contributed by atoms with E-state index in [1.54, 1.807) is 24.3 Å². The number of rotatable bonds is 2. The first-order valence-electron chi connectivity index (χ1n) is 7.42. The van der Waals surface area contributed by atoms with Gasteiger partial charge in [-0.15, -0.1) is 11.3 Å². The monoisotopic (exact) mass is 315 g/mol. The van der Waals surface area contributed by atoms with Crippen molar-refractivity contribution in [3.8, 4) is 0 Å². The molecule has 22 heavy (non-hydrogen) atoms. The predicted octanol–water partition coefficient (Wildman–Crippen LogP) is 4.92. The van der Waals surface area contributed by atoms with Crippen molar-refractivity contribution in [1.29, 1.82) is 0 Å². The van der Waals surface area contributed by atoms with Gasteiger partial charge < -0.3 is 5.11 Å². The lowest BCUT2D eigenvalue weighted by atomic mass is 10.1. The number of aryl methyl sites for hydroxylation is 2. The molecule has 0 atom stereocenters. The van der Waals surface area contributed by atoms with Crippen molar-refractivity contribution in [3.63, 3.8) is 0 Å². The van der Waals surface area contributed by atoms with E-state index in [1.807, 2.05) is 47.6 Å². The van der Waals surface area contributed by atoms with E-state index in [0.29, 0.717) is 10.6 Å². The van der Waals surface area contributed by atoms with Crippen molar-refractivity contribution < 1.29 is 5.11 Å². The second kappa shape index (κ2) is 10.6. The lowest BCUT2D eigenvalue weighted by Gasteiger charge is -2.14. The van der Waals surface area contributed by atoms with Gasteiger partial charge in [0.25, 0.3) is 0 Å². The maximum atomic E-state index is 12.2. The Bertz CT molecular complexity index is 617. The zero-order valence-electron chi connectivity index (χ0n) is 14.1. The predicted molar refractivity (Wildman–Crippen MR) is 94.1 cm³/mol. The molecule has 0 radical (unpaired) electrons. The molecule has 2 aromatic rings. The Balaban J connectivity index is 0.00000102. The van der Waals surface area contributed by atoms with Gasteiger partial charge in [0.1, 0.15) is 5.01 Å². The first kappa shape index (κ1) is 19.9. The van der Waals surface area contributed by atoms with Crippen LogP contribution in [0.25, 0.3) is 16.3 Å². The van der Waals surface area contributed by atoms with Gasteiger partial charge in [0.2, 0.25) is 5.70 Å². The van der Waals surface area contributed by atoms with Gasteiger partial charge >= 0.3 is 0 Å². The number of benzene rings is 1. The normalized spacial score (nSPS) is 10.2. The Morgan fingerprint density at radius 2 is 1.64 bits per heavy atom. The SMILES string of the molecule is CC.CC.[C-]#[N+]C(=C([O-])c1ccccc1)c1nc(C)c(C)s1. The summed E-state index contributed by atoms with van der Waals surface area (Å²) in [5.74, 6) is -0.264. The molecule has 1 aromatic heterocycles. The van der Waals surface area contributed by atoms with Crippen LogP contribution < -0.4 is 5.11 Å². The maximum absolute atomic E-state index is 12.2. The van der Waals surface area contributed by atoms with E-state index in [-0.39, 0.29) is 11.5 Å². The van der Waals surface area contributed by atoms with Crippen LogP contribution in [0.15, 0.2) is 30.3 Å². The molecule has 1 heterocycles. The van der Waals surface area contributed by atoms with Crippen LogP contribution in [0.3, 0.4) is 0 Å². The number of hydrogen-bond acceptors (Lipinski definition) is 3. The van der Waals surface area contributed by atoms with E-state index < -0.39 is 0 Å². The van der Waals surface area contributed by atoms with Gasteiger partial charge in [-0.3, -0.25) is 4.98 Å². The van der Waals surface area contributed by atoms with Crippen molar-refractivity contribution in [3.05, 3.63) is 62.9 Å². The molecule has 1 aromatic carbocycles. The molecule has 118 valence electrons. The van der Waals surface area contributed by atoms with Gasteiger partial charge in [-0.05, 0) is 19.4 Å². The third kappa shape index (κ3) is 5.01. The first-order chi connectivity index (χ1) is 10.6. The van der Waals surface area contributed by atoms with Crippen LogP contribution in [0, 0.1) is 20.4 Å².